The fourth-order valence-electron chi connectivity index (χ4n) is 2.65. The third kappa shape index (κ3) is 7.17. The van der Waals surface area contributed by atoms with Crippen molar-refractivity contribution in [2.24, 2.45) is 4.99 Å². The van der Waals surface area contributed by atoms with Gasteiger partial charge >= 0.3 is 0 Å². The summed E-state index contributed by atoms with van der Waals surface area (Å²) in [7, 11) is 1.82. The van der Waals surface area contributed by atoms with E-state index in [1.54, 1.807) is 11.3 Å². The lowest BCUT2D eigenvalue weighted by atomic mass is 10.0. The molecule has 0 unspecified atom stereocenters. The van der Waals surface area contributed by atoms with Crippen LogP contribution in [0.3, 0.4) is 0 Å². The normalized spacial score (nSPS) is 16.7. The number of aryl methyl sites for hydroxylation is 1. The van der Waals surface area contributed by atoms with Gasteiger partial charge in [-0.3, -0.25) is 9.89 Å². The summed E-state index contributed by atoms with van der Waals surface area (Å²) in [5.74, 6) is 0.867. The largest absolute Gasteiger partial charge is 0.354 e. The zero-order valence-corrected chi connectivity index (χ0v) is 17.4. The van der Waals surface area contributed by atoms with Gasteiger partial charge in [-0.15, -0.1) is 35.3 Å². The molecule has 0 saturated carbocycles. The van der Waals surface area contributed by atoms with E-state index < -0.39 is 0 Å². The molecule has 23 heavy (non-hydrogen) atoms. The quantitative estimate of drug-likeness (QED) is 0.314. The SMILES string of the molecule is C=C(C)CN1CCC(NC(=NC)NCc2ncc(C)s2)CC1.I. The summed E-state index contributed by atoms with van der Waals surface area (Å²) in [6.07, 6.45) is 4.20. The number of piperidine rings is 1. The molecule has 0 atom stereocenters. The Morgan fingerprint density at radius 1 is 1.48 bits per heavy atom. The van der Waals surface area contributed by atoms with E-state index in [-0.39, 0.29) is 24.0 Å². The number of guanidine groups is 1. The molecule has 1 aromatic heterocycles. The van der Waals surface area contributed by atoms with Gasteiger partial charge in [0.25, 0.3) is 0 Å². The summed E-state index contributed by atoms with van der Waals surface area (Å²) in [4.78, 5) is 12.4. The lowest BCUT2D eigenvalue weighted by Gasteiger charge is -2.33. The zero-order chi connectivity index (χ0) is 15.9. The standard InChI is InChI=1S/C16H27N5S.HI/c1-12(2)11-21-7-5-14(6-8-21)20-16(17-4)19-10-15-18-9-13(3)22-15;/h9,14H,1,5-8,10-11H2,2-4H3,(H2,17,19,20);1H. The summed E-state index contributed by atoms with van der Waals surface area (Å²) in [5, 5.41) is 7.97. The molecule has 7 heteroatoms. The topological polar surface area (TPSA) is 52.5 Å². The third-order valence-electron chi connectivity index (χ3n) is 3.72. The predicted octanol–water partition coefficient (Wildman–Crippen LogP) is 2.78. The van der Waals surface area contributed by atoms with Gasteiger partial charge in [-0.2, -0.15) is 0 Å². The van der Waals surface area contributed by atoms with Crippen LogP contribution < -0.4 is 10.6 Å². The Morgan fingerprint density at radius 3 is 2.70 bits per heavy atom. The molecule has 1 aromatic rings. The van der Waals surface area contributed by atoms with Gasteiger partial charge in [0.05, 0.1) is 6.54 Å². The van der Waals surface area contributed by atoms with Crippen LogP contribution in [0.15, 0.2) is 23.3 Å². The predicted molar refractivity (Wildman–Crippen MR) is 110 cm³/mol. The van der Waals surface area contributed by atoms with Crippen LogP contribution in [0.25, 0.3) is 0 Å². The number of nitrogens with zero attached hydrogens (tertiary/aromatic N) is 3. The first-order valence-electron chi connectivity index (χ1n) is 7.82. The third-order valence-corrected chi connectivity index (χ3v) is 4.63. The van der Waals surface area contributed by atoms with E-state index in [0.29, 0.717) is 6.04 Å². The molecule has 1 aliphatic heterocycles. The summed E-state index contributed by atoms with van der Waals surface area (Å²) in [6, 6.07) is 0.491. The molecule has 2 heterocycles. The van der Waals surface area contributed by atoms with Gasteiger partial charge in [-0.1, -0.05) is 12.2 Å². The molecule has 0 bridgehead atoms. The molecule has 0 amide bonds. The summed E-state index contributed by atoms with van der Waals surface area (Å²) in [5.41, 5.74) is 1.24. The van der Waals surface area contributed by atoms with Crippen molar-refractivity contribution >= 4 is 41.3 Å². The Morgan fingerprint density at radius 2 is 2.17 bits per heavy atom. The number of aliphatic imine (C=N–C) groups is 1. The second-order valence-corrected chi connectivity index (χ2v) is 7.26. The van der Waals surface area contributed by atoms with Crippen molar-refractivity contribution in [3.63, 3.8) is 0 Å². The van der Waals surface area contributed by atoms with Gasteiger partial charge in [0, 0.05) is 43.8 Å². The number of thiazole rings is 1. The van der Waals surface area contributed by atoms with Crippen LogP contribution in [0.5, 0.6) is 0 Å². The number of halogens is 1. The first-order chi connectivity index (χ1) is 10.6. The molecule has 0 radical (unpaired) electrons. The molecule has 2 N–H and O–H groups in total. The number of likely N-dealkylation sites (tertiary alicyclic amines) is 1. The highest BCUT2D eigenvalue weighted by molar-refractivity contribution is 14.0. The first-order valence-corrected chi connectivity index (χ1v) is 8.63. The van der Waals surface area contributed by atoms with Crippen molar-refractivity contribution in [2.75, 3.05) is 26.7 Å². The fourth-order valence-corrected chi connectivity index (χ4v) is 3.37. The van der Waals surface area contributed by atoms with E-state index >= 15 is 0 Å². The second-order valence-electron chi connectivity index (χ2n) is 5.94. The highest BCUT2D eigenvalue weighted by Gasteiger charge is 2.19. The number of nitrogens with one attached hydrogen (secondary N) is 2. The van der Waals surface area contributed by atoms with Crippen molar-refractivity contribution < 1.29 is 0 Å². The lowest BCUT2D eigenvalue weighted by molar-refractivity contribution is 0.221. The van der Waals surface area contributed by atoms with Gasteiger partial charge in [-0.05, 0) is 26.7 Å². The molecule has 0 aromatic carbocycles. The van der Waals surface area contributed by atoms with Crippen molar-refractivity contribution in [1.82, 2.24) is 20.5 Å². The van der Waals surface area contributed by atoms with E-state index in [9.17, 15) is 0 Å². The van der Waals surface area contributed by atoms with Gasteiger partial charge < -0.3 is 10.6 Å². The highest BCUT2D eigenvalue weighted by Crippen LogP contribution is 2.12. The average molecular weight is 449 g/mol. The minimum absolute atomic E-state index is 0. The number of aromatic nitrogens is 1. The molecule has 1 aliphatic rings. The highest BCUT2D eigenvalue weighted by atomic mass is 127. The minimum atomic E-state index is 0. The number of hydrogen-bond acceptors (Lipinski definition) is 4. The van der Waals surface area contributed by atoms with E-state index in [2.05, 4.69) is 45.9 Å². The van der Waals surface area contributed by atoms with Crippen LogP contribution >= 0.6 is 35.3 Å². The molecule has 0 aliphatic carbocycles. The maximum absolute atomic E-state index is 4.36. The Balaban J connectivity index is 0.00000264. The minimum Gasteiger partial charge on any atom is -0.354 e. The molecule has 2 rings (SSSR count). The fraction of sp³-hybridized carbons (Fsp3) is 0.625. The molecule has 130 valence electrons. The summed E-state index contributed by atoms with van der Waals surface area (Å²) in [6.45, 7) is 12.1. The monoisotopic (exact) mass is 449 g/mol. The maximum Gasteiger partial charge on any atom is 0.191 e. The van der Waals surface area contributed by atoms with Gasteiger partial charge in [0.1, 0.15) is 5.01 Å². The molecule has 0 spiro atoms. The van der Waals surface area contributed by atoms with Crippen LogP contribution in [0.1, 0.15) is 29.7 Å². The lowest BCUT2D eigenvalue weighted by Crippen LogP contribution is -2.48. The smallest absolute Gasteiger partial charge is 0.191 e. The van der Waals surface area contributed by atoms with Gasteiger partial charge in [-0.25, -0.2) is 4.98 Å². The molecule has 1 saturated heterocycles. The average Bonchev–Trinajstić information content (AvgIpc) is 2.90. The number of rotatable bonds is 5. The Labute approximate surface area is 160 Å². The van der Waals surface area contributed by atoms with Crippen LogP contribution in [0, 0.1) is 6.92 Å². The van der Waals surface area contributed by atoms with E-state index in [4.69, 9.17) is 0 Å². The van der Waals surface area contributed by atoms with Gasteiger partial charge in [0.15, 0.2) is 5.96 Å². The van der Waals surface area contributed by atoms with Crippen molar-refractivity contribution in [1.29, 1.82) is 0 Å². The Hall–Kier alpha value is -0.670. The second kappa shape index (κ2) is 10.2. The molecular formula is C16H28IN5S. The summed E-state index contributed by atoms with van der Waals surface area (Å²) < 4.78 is 0. The Bertz CT molecular complexity index is 520. The van der Waals surface area contributed by atoms with Crippen LogP contribution in [0.2, 0.25) is 0 Å². The van der Waals surface area contributed by atoms with Gasteiger partial charge in [0.2, 0.25) is 0 Å². The van der Waals surface area contributed by atoms with Crippen molar-refractivity contribution in [3.05, 3.63) is 28.2 Å². The van der Waals surface area contributed by atoms with E-state index in [1.807, 2.05) is 13.2 Å². The van der Waals surface area contributed by atoms with Crippen molar-refractivity contribution in [3.8, 4) is 0 Å². The Kier molecular flexibility index (Phi) is 9.08. The number of hydrogen-bond donors (Lipinski definition) is 2. The first kappa shape index (κ1) is 20.4. The zero-order valence-electron chi connectivity index (χ0n) is 14.3. The molecule has 5 nitrogen and oxygen atoms in total. The maximum atomic E-state index is 4.36. The summed E-state index contributed by atoms with van der Waals surface area (Å²) >= 11 is 1.72. The van der Waals surface area contributed by atoms with E-state index in [1.165, 1.54) is 10.5 Å². The van der Waals surface area contributed by atoms with Crippen molar-refractivity contribution in [2.45, 2.75) is 39.3 Å². The van der Waals surface area contributed by atoms with Crippen LogP contribution in [-0.4, -0.2) is 48.6 Å². The molecular weight excluding hydrogens is 421 g/mol. The van der Waals surface area contributed by atoms with E-state index in [0.717, 1.165) is 50.0 Å². The van der Waals surface area contributed by atoms with Crippen LogP contribution in [0.4, 0.5) is 0 Å². The molecule has 1 fully saturated rings. The van der Waals surface area contributed by atoms with Crippen LogP contribution in [-0.2, 0) is 6.54 Å².